The van der Waals surface area contributed by atoms with Gasteiger partial charge in [0, 0.05) is 48.9 Å². The molecule has 3 fully saturated rings. The molecule has 8 nitrogen and oxygen atoms in total. The summed E-state index contributed by atoms with van der Waals surface area (Å²) in [6.45, 7) is 9.18. The number of nitrogens with one attached hydrogen (secondary N) is 2. The SMILES string of the molecule is CCN(CC)c1ccc(NC(=O)C2N(CCCCCCO)C(=O)[C@@H]3[C@@H](C(=O)NCc4ccccc4)[C@@]4(C)CCC23S4)cc1. The summed E-state index contributed by atoms with van der Waals surface area (Å²) >= 11 is 1.70. The first kappa shape index (κ1) is 31.4. The first-order chi connectivity index (χ1) is 20.8. The highest BCUT2D eigenvalue weighted by molar-refractivity contribution is 8.02. The summed E-state index contributed by atoms with van der Waals surface area (Å²) in [4.78, 5) is 46.3. The van der Waals surface area contributed by atoms with Crippen molar-refractivity contribution >= 4 is 40.9 Å². The zero-order valence-electron chi connectivity index (χ0n) is 25.7. The minimum Gasteiger partial charge on any atom is -0.396 e. The number of anilines is 2. The van der Waals surface area contributed by atoms with Gasteiger partial charge in [-0.1, -0.05) is 43.2 Å². The third-order valence-electron chi connectivity index (χ3n) is 9.69. The molecule has 232 valence electrons. The van der Waals surface area contributed by atoms with Crippen LogP contribution < -0.4 is 15.5 Å². The van der Waals surface area contributed by atoms with Crippen molar-refractivity contribution in [1.82, 2.24) is 10.2 Å². The summed E-state index contributed by atoms with van der Waals surface area (Å²) in [7, 11) is 0. The van der Waals surface area contributed by atoms with E-state index in [1.165, 1.54) is 0 Å². The van der Waals surface area contributed by atoms with E-state index in [9.17, 15) is 19.5 Å². The second kappa shape index (κ2) is 13.3. The van der Waals surface area contributed by atoms with Crippen LogP contribution in [0.1, 0.15) is 64.9 Å². The van der Waals surface area contributed by atoms with E-state index in [4.69, 9.17) is 0 Å². The monoisotopic (exact) mass is 606 g/mol. The summed E-state index contributed by atoms with van der Waals surface area (Å²) in [5, 5.41) is 15.5. The summed E-state index contributed by atoms with van der Waals surface area (Å²) in [6, 6.07) is 17.1. The van der Waals surface area contributed by atoms with E-state index in [0.29, 0.717) is 18.8 Å². The van der Waals surface area contributed by atoms with E-state index >= 15 is 0 Å². The van der Waals surface area contributed by atoms with Crippen molar-refractivity contribution in [3.05, 3.63) is 60.2 Å². The molecule has 1 spiro atoms. The third-order valence-corrected chi connectivity index (χ3v) is 11.7. The van der Waals surface area contributed by atoms with Crippen molar-refractivity contribution in [2.24, 2.45) is 11.8 Å². The predicted octanol–water partition coefficient (Wildman–Crippen LogP) is 4.82. The van der Waals surface area contributed by atoms with Crippen LogP contribution >= 0.6 is 11.8 Å². The molecular weight excluding hydrogens is 560 g/mol. The normalized spacial score (nSPS) is 27.3. The number of likely N-dealkylation sites (tertiary alicyclic amines) is 1. The van der Waals surface area contributed by atoms with Gasteiger partial charge in [0.1, 0.15) is 6.04 Å². The average Bonchev–Trinajstić information content (AvgIpc) is 3.58. The number of nitrogens with zero attached hydrogens (tertiary/aromatic N) is 2. The number of carbonyl (C=O) groups is 3. The van der Waals surface area contributed by atoms with E-state index in [-0.39, 0.29) is 24.3 Å². The van der Waals surface area contributed by atoms with Crippen molar-refractivity contribution in [3.63, 3.8) is 0 Å². The maximum Gasteiger partial charge on any atom is 0.248 e. The number of aliphatic hydroxyl groups is 1. The fourth-order valence-corrected chi connectivity index (χ4v) is 9.92. The molecule has 3 aliphatic heterocycles. The Kier molecular flexibility index (Phi) is 9.71. The van der Waals surface area contributed by atoms with Gasteiger partial charge in [-0.2, -0.15) is 0 Å². The van der Waals surface area contributed by atoms with Gasteiger partial charge in [0.05, 0.1) is 16.6 Å². The van der Waals surface area contributed by atoms with Crippen LogP contribution in [0.4, 0.5) is 11.4 Å². The standard InChI is InChI=1S/C34H46N4O4S/c1-4-37(5-2)26-17-15-25(16-18-26)36-31(41)29-34-20-19-33(3,43-34)27(30(40)35-23-24-13-9-8-10-14-24)28(34)32(42)38(29)21-11-6-7-12-22-39/h8-10,13-18,27-29,39H,4-7,11-12,19-23H2,1-3H3,(H,35,40)(H,36,41)/t27-,28-,29?,33+,34?/m0/s1. The number of fused-ring (bicyclic) bond motifs is 1. The van der Waals surface area contributed by atoms with E-state index < -0.39 is 27.4 Å². The second-order valence-electron chi connectivity index (χ2n) is 12.3. The molecule has 2 aromatic carbocycles. The van der Waals surface area contributed by atoms with Crippen LogP contribution in [0.25, 0.3) is 0 Å². The number of benzene rings is 2. The van der Waals surface area contributed by atoms with Gasteiger partial charge in [0.25, 0.3) is 0 Å². The highest BCUT2D eigenvalue weighted by Gasteiger charge is 2.77. The van der Waals surface area contributed by atoms with Gasteiger partial charge in [-0.25, -0.2) is 0 Å². The molecular formula is C34H46N4O4S. The summed E-state index contributed by atoms with van der Waals surface area (Å²) in [5.74, 6) is -1.38. The molecule has 5 rings (SSSR count). The number of unbranched alkanes of at least 4 members (excludes halogenated alkanes) is 3. The Hall–Kier alpha value is -3.04. The molecule has 3 amide bonds. The number of amides is 3. The second-order valence-corrected chi connectivity index (χ2v) is 14.2. The van der Waals surface area contributed by atoms with E-state index in [1.807, 2.05) is 54.6 Å². The topological polar surface area (TPSA) is 102 Å². The van der Waals surface area contributed by atoms with Crippen molar-refractivity contribution in [1.29, 1.82) is 0 Å². The van der Waals surface area contributed by atoms with Gasteiger partial charge in [-0.05, 0) is 76.3 Å². The summed E-state index contributed by atoms with van der Waals surface area (Å²) < 4.78 is -1.05. The quantitative estimate of drug-likeness (QED) is 0.267. The van der Waals surface area contributed by atoms with Gasteiger partial charge in [0.2, 0.25) is 17.7 Å². The van der Waals surface area contributed by atoms with Gasteiger partial charge >= 0.3 is 0 Å². The molecule has 2 unspecified atom stereocenters. The number of aliphatic hydroxyl groups excluding tert-OH is 1. The Morgan fingerprint density at radius 1 is 0.977 bits per heavy atom. The molecule has 2 bridgehead atoms. The van der Waals surface area contributed by atoms with Gasteiger partial charge < -0.3 is 25.5 Å². The molecule has 0 saturated carbocycles. The van der Waals surface area contributed by atoms with Gasteiger partial charge in [0.15, 0.2) is 0 Å². The predicted molar refractivity (Wildman–Crippen MR) is 173 cm³/mol. The fourth-order valence-electron chi connectivity index (χ4n) is 7.57. The van der Waals surface area contributed by atoms with Crippen LogP contribution in [0.5, 0.6) is 0 Å². The lowest BCUT2D eigenvalue weighted by atomic mass is 9.66. The molecule has 0 aromatic heterocycles. The Morgan fingerprint density at radius 2 is 1.67 bits per heavy atom. The van der Waals surface area contributed by atoms with Crippen LogP contribution in [0.15, 0.2) is 54.6 Å². The zero-order valence-corrected chi connectivity index (χ0v) is 26.5. The lowest BCUT2D eigenvalue weighted by molar-refractivity contribution is -0.140. The summed E-state index contributed by atoms with van der Waals surface area (Å²) in [5.41, 5.74) is 2.82. The minimum absolute atomic E-state index is 0.0741. The maximum atomic E-state index is 14.3. The molecule has 3 saturated heterocycles. The smallest absolute Gasteiger partial charge is 0.248 e. The van der Waals surface area contributed by atoms with Crippen LogP contribution in [0, 0.1) is 11.8 Å². The Labute approximate surface area is 260 Å². The number of hydrogen-bond acceptors (Lipinski definition) is 6. The Morgan fingerprint density at radius 3 is 2.35 bits per heavy atom. The van der Waals surface area contributed by atoms with Crippen LogP contribution in [-0.2, 0) is 20.9 Å². The molecule has 9 heteroatoms. The van der Waals surface area contributed by atoms with Crippen molar-refractivity contribution in [2.45, 2.75) is 81.4 Å². The van der Waals surface area contributed by atoms with Crippen molar-refractivity contribution in [3.8, 4) is 0 Å². The zero-order chi connectivity index (χ0) is 30.6. The van der Waals surface area contributed by atoms with Crippen molar-refractivity contribution < 1.29 is 19.5 Å². The number of hydrogen-bond donors (Lipinski definition) is 3. The van der Waals surface area contributed by atoms with Gasteiger partial charge in [-0.15, -0.1) is 11.8 Å². The maximum absolute atomic E-state index is 14.3. The van der Waals surface area contributed by atoms with Gasteiger partial charge in [-0.3, -0.25) is 14.4 Å². The van der Waals surface area contributed by atoms with E-state index in [1.54, 1.807) is 16.7 Å². The lowest BCUT2D eigenvalue weighted by Crippen LogP contribution is -2.52. The lowest BCUT2D eigenvalue weighted by Gasteiger charge is -2.35. The molecule has 43 heavy (non-hydrogen) atoms. The van der Waals surface area contributed by atoms with Crippen LogP contribution in [-0.4, -0.2) is 69.5 Å². The highest BCUT2D eigenvalue weighted by atomic mass is 32.2. The molecule has 5 atom stereocenters. The van der Waals surface area contributed by atoms with Crippen molar-refractivity contribution in [2.75, 3.05) is 36.5 Å². The molecule has 3 N–H and O–H groups in total. The minimum atomic E-state index is -0.649. The van der Waals surface area contributed by atoms with E-state index in [0.717, 1.165) is 62.9 Å². The molecule has 0 radical (unpaired) electrons. The number of carbonyl (C=O) groups excluding carboxylic acids is 3. The fraction of sp³-hybridized carbons (Fsp3) is 0.559. The van der Waals surface area contributed by atoms with E-state index in [2.05, 4.69) is 36.3 Å². The summed E-state index contributed by atoms with van der Waals surface area (Å²) in [6.07, 6.45) is 4.75. The average molecular weight is 607 g/mol. The Bertz CT molecular complexity index is 1290. The van der Waals surface area contributed by atoms with Crippen LogP contribution in [0.2, 0.25) is 0 Å². The molecule has 0 aliphatic carbocycles. The number of thioether (sulfide) groups is 1. The highest BCUT2D eigenvalue weighted by Crippen LogP contribution is 2.71. The third kappa shape index (κ3) is 6.03. The first-order valence-corrected chi connectivity index (χ1v) is 16.7. The van der Waals surface area contributed by atoms with Crippen LogP contribution in [0.3, 0.4) is 0 Å². The Balaban J connectivity index is 1.39. The number of rotatable bonds is 14. The molecule has 3 aliphatic rings. The molecule has 2 aromatic rings. The molecule has 3 heterocycles. The first-order valence-electron chi connectivity index (χ1n) is 15.9. The largest absolute Gasteiger partial charge is 0.396 e.